The van der Waals surface area contributed by atoms with Gasteiger partial charge < -0.3 is 0 Å². The van der Waals surface area contributed by atoms with Crippen molar-refractivity contribution in [2.45, 2.75) is 40.0 Å². The summed E-state index contributed by atoms with van der Waals surface area (Å²) in [5.41, 5.74) is 4.49. The van der Waals surface area contributed by atoms with Crippen LogP contribution in [0.3, 0.4) is 0 Å². The molecule has 60 heavy (non-hydrogen) atoms. The first kappa shape index (κ1) is 37.0. The molecule has 0 aliphatic heterocycles. The second kappa shape index (κ2) is 15.8. The summed E-state index contributed by atoms with van der Waals surface area (Å²) in [7, 11) is 0. The van der Waals surface area contributed by atoms with E-state index in [1.165, 1.54) is 80.8 Å². The van der Waals surface area contributed by atoms with Crippen LogP contribution in [-0.4, -0.2) is 19.9 Å². The predicted octanol–water partition coefficient (Wildman–Crippen LogP) is 14.7. The zero-order valence-corrected chi connectivity index (χ0v) is 34.2. The Morgan fingerprint density at radius 2 is 0.633 bits per heavy atom. The van der Waals surface area contributed by atoms with Gasteiger partial charge in [0.05, 0.1) is 11.0 Å². The van der Waals surface area contributed by atoms with Crippen LogP contribution < -0.4 is 0 Å². The van der Waals surface area contributed by atoms with Crippen LogP contribution in [0.2, 0.25) is 0 Å². The Kier molecular flexibility index (Phi) is 9.75. The van der Waals surface area contributed by atoms with E-state index < -0.39 is 0 Å². The molecule has 0 N–H and O–H groups in total. The molecule has 0 spiro atoms. The Morgan fingerprint density at radius 3 is 1.08 bits per heavy atom. The summed E-state index contributed by atoms with van der Waals surface area (Å²) in [5.74, 6) is 0.901. The summed E-state index contributed by atoms with van der Waals surface area (Å²) in [5, 5.41) is 20.3. The quantitative estimate of drug-likeness (QED) is 0.168. The molecule has 4 heteroatoms. The summed E-state index contributed by atoms with van der Waals surface area (Å²) in [6.07, 6.45) is 6.80. The Hall–Kier alpha value is -7.30. The van der Waals surface area contributed by atoms with Crippen LogP contribution in [0.15, 0.2) is 176 Å². The number of fused-ring (bicyclic) bond motifs is 18. The van der Waals surface area contributed by atoms with Gasteiger partial charge in [-0.05, 0) is 84.2 Å². The largest absolute Gasteiger partial charge is 0.261 e. The summed E-state index contributed by atoms with van der Waals surface area (Å²) in [6.45, 7) is 6.39. The van der Waals surface area contributed by atoms with Gasteiger partial charge in [-0.3, -0.25) is 9.97 Å². The molecule has 3 aromatic heterocycles. The average Bonchev–Trinajstić information content (AvgIpc) is 3.34. The topological polar surface area (TPSA) is 51.6 Å². The van der Waals surface area contributed by atoms with Gasteiger partial charge in [-0.25, -0.2) is 9.97 Å². The van der Waals surface area contributed by atoms with Crippen molar-refractivity contribution >= 4 is 97.2 Å². The highest BCUT2D eigenvalue weighted by Crippen LogP contribution is 2.37. The van der Waals surface area contributed by atoms with E-state index in [4.69, 9.17) is 9.97 Å². The van der Waals surface area contributed by atoms with Gasteiger partial charge >= 0.3 is 0 Å². The second-order valence-corrected chi connectivity index (χ2v) is 15.3. The maximum absolute atomic E-state index is 4.87. The fraction of sp³-hybridized carbons (Fsp3) is 0.107. The van der Waals surface area contributed by atoms with Gasteiger partial charge in [-0.2, -0.15) is 0 Å². The van der Waals surface area contributed by atoms with Crippen molar-refractivity contribution in [3.63, 3.8) is 0 Å². The lowest BCUT2D eigenvalue weighted by atomic mass is 9.95. The number of nitrogens with zero attached hydrogens (tertiary/aromatic N) is 4. The van der Waals surface area contributed by atoms with Gasteiger partial charge in [-0.15, -0.1) is 0 Å². The summed E-state index contributed by atoms with van der Waals surface area (Å²) >= 11 is 0. The minimum atomic E-state index is 0.858. The van der Waals surface area contributed by atoms with Crippen LogP contribution in [0.5, 0.6) is 0 Å². The molecule has 0 fully saturated rings. The van der Waals surface area contributed by atoms with E-state index in [9.17, 15) is 0 Å². The molecule has 0 aliphatic rings. The minimum absolute atomic E-state index is 0.858. The zero-order valence-electron chi connectivity index (χ0n) is 34.2. The van der Waals surface area contributed by atoms with Gasteiger partial charge in [0, 0.05) is 57.1 Å². The van der Waals surface area contributed by atoms with Crippen LogP contribution in [0.4, 0.5) is 0 Å². The van der Waals surface area contributed by atoms with E-state index >= 15 is 0 Å². The molecule has 0 unspecified atom stereocenters. The summed E-state index contributed by atoms with van der Waals surface area (Å²) in [4.78, 5) is 18.7. The number of aromatic nitrogens is 4. The molecule has 12 rings (SSSR count). The monoisotopic (exact) mass is 772 g/mol. The molecule has 0 atom stereocenters. The molecule has 0 saturated heterocycles. The number of hydrogen-bond acceptors (Lipinski definition) is 4. The summed E-state index contributed by atoms with van der Waals surface area (Å²) < 4.78 is 0. The highest BCUT2D eigenvalue weighted by atomic mass is 14.9. The van der Waals surface area contributed by atoms with Crippen molar-refractivity contribution in [1.29, 1.82) is 0 Å². The van der Waals surface area contributed by atoms with Crippen LogP contribution in [-0.2, 0) is 19.3 Å². The van der Waals surface area contributed by atoms with Crippen LogP contribution in [0.1, 0.15) is 38.0 Å². The fourth-order valence-electron chi connectivity index (χ4n) is 8.90. The Morgan fingerprint density at radius 1 is 0.283 bits per heavy atom. The molecular weight excluding hydrogens is 729 g/mol. The molecule has 288 valence electrons. The average molecular weight is 773 g/mol. The minimum Gasteiger partial charge on any atom is -0.261 e. The van der Waals surface area contributed by atoms with Crippen molar-refractivity contribution in [1.82, 2.24) is 19.9 Å². The predicted molar refractivity (Wildman–Crippen MR) is 256 cm³/mol. The van der Waals surface area contributed by atoms with E-state index in [1.807, 2.05) is 12.4 Å². The SMILES string of the molecule is CCc1cc2c3ccccc3c3ccccc3c2cn1.CCc1ccc2c3ccccc3c3ccccc3c2n1.CCc1ncc2c3ccccc3c3ccccc3c2n1. The lowest BCUT2D eigenvalue weighted by Gasteiger charge is -2.10. The first-order chi connectivity index (χ1) is 29.6. The van der Waals surface area contributed by atoms with Crippen molar-refractivity contribution in [3.05, 3.63) is 193 Å². The van der Waals surface area contributed by atoms with Gasteiger partial charge in [-0.1, -0.05) is 172 Å². The van der Waals surface area contributed by atoms with Gasteiger partial charge in [0.2, 0.25) is 0 Å². The number of aryl methyl sites for hydroxylation is 3. The van der Waals surface area contributed by atoms with Gasteiger partial charge in [0.15, 0.2) is 0 Å². The van der Waals surface area contributed by atoms with Crippen LogP contribution >= 0.6 is 0 Å². The number of pyridine rings is 2. The lowest BCUT2D eigenvalue weighted by molar-refractivity contribution is 0.963. The van der Waals surface area contributed by atoms with Crippen molar-refractivity contribution in [2.24, 2.45) is 0 Å². The third-order valence-electron chi connectivity index (χ3n) is 11.9. The molecular formula is C56H44N4. The highest BCUT2D eigenvalue weighted by molar-refractivity contribution is 6.26. The first-order valence-corrected chi connectivity index (χ1v) is 21.1. The van der Waals surface area contributed by atoms with E-state index in [2.05, 4.69) is 195 Å². The highest BCUT2D eigenvalue weighted by Gasteiger charge is 2.12. The zero-order chi connectivity index (χ0) is 40.6. The Balaban J connectivity index is 0.000000108. The van der Waals surface area contributed by atoms with Crippen LogP contribution in [0.25, 0.3) is 97.2 Å². The molecule has 0 bridgehead atoms. The third kappa shape index (κ3) is 6.42. The van der Waals surface area contributed by atoms with Crippen LogP contribution in [0, 0.1) is 0 Å². The van der Waals surface area contributed by atoms with E-state index in [1.54, 1.807) is 0 Å². The third-order valence-corrected chi connectivity index (χ3v) is 11.9. The molecule has 0 amide bonds. The van der Waals surface area contributed by atoms with E-state index in [-0.39, 0.29) is 0 Å². The number of rotatable bonds is 3. The normalized spacial score (nSPS) is 11.4. The van der Waals surface area contributed by atoms with Crippen molar-refractivity contribution in [3.8, 4) is 0 Å². The van der Waals surface area contributed by atoms with Crippen molar-refractivity contribution < 1.29 is 0 Å². The smallest absolute Gasteiger partial charge is 0.128 e. The van der Waals surface area contributed by atoms with E-state index in [0.717, 1.165) is 52.9 Å². The molecule has 9 aromatic carbocycles. The molecule has 0 saturated carbocycles. The maximum atomic E-state index is 4.87. The lowest BCUT2D eigenvalue weighted by Crippen LogP contribution is -1.94. The maximum Gasteiger partial charge on any atom is 0.128 e. The molecule has 0 aliphatic carbocycles. The molecule has 12 aromatic rings. The molecule has 4 nitrogen and oxygen atoms in total. The fourth-order valence-corrected chi connectivity index (χ4v) is 8.90. The van der Waals surface area contributed by atoms with E-state index in [0.29, 0.717) is 0 Å². The standard InChI is InChI=1S/2C19H15N.C18H14N2/c1-2-13-11-18-16-9-5-3-7-14(16)15-8-4-6-10-17(15)19(18)12-20-13;1-2-13-11-12-18-16-9-4-3-7-14(16)15-8-5-6-10-17(15)19(18)20-13;1-2-17-19-11-16-14-9-4-3-7-12(14)13-8-5-6-10-15(13)18(16)20-17/h2*3-12H,2H2,1H3;3-11H,2H2,1H3. The number of benzene rings is 9. The Bertz CT molecular complexity index is 3090. The first-order valence-electron chi connectivity index (χ1n) is 21.1. The Labute approximate surface area is 349 Å². The van der Waals surface area contributed by atoms with Gasteiger partial charge in [0.25, 0.3) is 0 Å². The van der Waals surface area contributed by atoms with Gasteiger partial charge in [0.1, 0.15) is 5.82 Å². The number of hydrogen-bond donors (Lipinski definition) is 0. The molecule has 0 radical (unpaired) electrons. The summed E-state index contributed by atoms with van der Waals surface area (Å²) in [6, 6.07) is 58.0. The van der Waals surface area contributed by atoms with Crippen molar-refractivity contribution in [2.75, 3.05) is 0 Å². The second-order valence-electron chi connectivity index (χ2n) is 15.3. The molecule has 3 heterocycles.